The normalized spacial score (nSPS) is 11.8. The number of benzene rings is 7. The van der Waals surface area contributed by atoms with E-state index in [1.165, 1.54) is 16.2 Å². The summed E-state index contributed by atoms with van der Waals surface area (Å²) in [6.45, 7) is 0. The monoisotopic (exact) mass is 632 g/mol. The molecule has 0 saturated heterocycles. The maximum Gasteiger partial charge on any atom is 0.164 e. The minimum atomic E-state index is 0.608. The third-order valence-electron chi connectivity index (χ3n) is 8.91. The van der Waals surface area contributed by atoms with Crippen LogP contribution < -0.4 is 0 Å². The molecule has 0 N–H and O–H groups in total. The molecule has 10 aromatic rings. The Hall–Kier alpha value is -6.24. The van der Waals surface area contributed by atoms with Crippen molar-refractivity contribution in [3.63, 3.8) is 0 Å². The Balaban J connectivity index is 1.11. The van der Waals surface area contributed by atoms with E-state index in [-0.39, 0.29) is 0 Å². The van der Waals surface area contributed by atoms with E-state index in [2.05, 4.69) is 103 Å². The smallest absolute Gasteiger partial charge is 0.164 e. The number of hydrogen-bond donors (Lipinski definition) is 0. The zero-order valence-electron chi connectivity index (χ0n) is 25.5. The second kappa shape index (κ2) is 10.7. The first kappa shape index (κ1) is 26.9. The molecule has 7 aromatic carbocycles. The molecule has 0 aliphatic carbocycles. The molecule has 0 unspecified atom stereocenters. The lowest BCUT2D eigenvalue weighted by Gasteiger charge is -2.09. The topological polar surface area (TPSA) is 64.7 Å². The summed E-state index contributed by atoms with van der Waals surface area (Å²) in [4.78, 5) is 20.0. The Morgan fingerprint density at radius 1 is 0.396 bits per heavy atom. The van der Waals surface area contributed by atoms with Crippen molar-refractivity contribution in [3.05, 3.63) is 146 Å². The lowest BCUT2D eigenvalue weighted by molar-refractivity contribution is 0.669. The van der Waals surface area contributed by atoms with Crippen molar-refractivity contribution in [2.45, 2.75) is 0 Å². The molecular formula is C42H24N4OS. The zero-order valence-corrected chi connectivity index (χ0v) is 26.3. The lowest BCUT2D eigenvalue weighted by atomic mass is 10.1. The van der Waals surface area contributed by atoms with E-state index >= 15 is 0 Å². The minimum Gasteiger partial charge on any atom is -0.456 e. The van der Waals surface area contributed by atoms with Gasteiger partial charge in [-0.3, -0.25) is 0 Å². The van der Waals surface area contributed by atoms with Crippen molar-refractivity contribution in [2.75, 3.05) is 0 Å². The van der Waals surface area contributed by atoms with Crippen LogP contribution in [0.2, 0.25) is 0 Å². The van der Waals surface area contributed by atoms with Crippen LogP contribution >= 0.6 is 11.3 Å². The van der Waals surface area contributed by atoms with Gasteiger partial charge in [0.1, 0.15) is 16.2 Å². The molecule has 0 saturated carbocycles. The predicted molar refractivity (Wildman–Crippen MR) is 197 cm³/mol. The third kappa shape index (κ3) is 4.54. The van der Waals surface area contributed by atoms with Crippen molar-refractivity contribution in [1.82, 2.24) is 19.9 Å². The summed E-state index contributed by atoms with van der Waals surface area (Å²) in [5.41, 5.74) is 6.48. The van der Waals surface area contributed by atoms with Gasteiger partial charge in [0.05, 0.1) is 10.2 Å². The molecule has 0 spiro atoms. The molecule has 3 heterocycles. The van der Waals surface area contributed by atoms with Crippen LogP contribution in [0.15, 0.2) is 150 Å². The van der Waals surface area contributed by atoms with Crippen molar-refractivity contribution in [2.24, 2.45) is 0 Å². The van der Waals surface area contributed by atoms with Crippen molar-refractivity contribution in [1.29, 1.82) is 0 Å². The fourth-order valence-electron chi connectivity index (χ4n) is 6.46. The quantitative estimate of drug-likeness (QED) is 0.193. The summed E-state index contributed by atoms with van der Waals surface area (Å²) in [5, 5.41) is 7.75. The Bertz CT molecular complexity index is 2860. The standard InChI is InChI=1S/C42H24N4OS/c1-2-10-27(11-3-1)39-44-40(30-16-14-25-8-4-6-12-28(25)20-30)46-41(45-39)31-18-19-36-33(22-31)34-23-35-38(24-37(34)47-36)48-42(43-35)32-17-15-26-9-5-7-13-29(26)21-32/h1-24H. The molecule has 10 rings (SSSR count). The van der Waals surface area contributed by atoms with E-state index in [0.29, 0.717) is 17.5 Å². The van der Waals surface area contributed by atoms with Gasteiger partial charge in [0, 0.05) is 39.1 Å². The van der Waals surface area contributed by atoms with Gasteiger partial charge in [0.2, 0.25) is 0 Å². The van der Waals surface area contributed by atoms with Gasteiger partial charge in [-0.25, -0.2) is 19.9 Å². The Kier molecular flexibility index (Phi) is 5.98. The van der Waals surface area contributed by atoms with Gasteiger partial charge in [0.15, 0.2) is 17.5 Å². The van der Waals surface area contributed by atoms with Gasteiger partial charge in [0.25, 0.3) is 0 Å². The highest BCUT2D eigenvalue weighted by molar-refractivity contribution is 7.21. The van der Waals surface area contributed by atoms with Gasteiger partial charge >= 0.3 is 0 Å². The molecule has 6 heteroatoms. The fourth-order valence-corrected chi connectivity index (χ4v) is 7.43. The summed E-state index contributed by atoms with van der Waals surface area (Å²) in [5.74, 6) is 1.87. The zero-order chi connectivity index (χ0) is 31.6. The summed E-state index contributed by atoms with van der Waals surface area (Å²) < 4.78 is 7.47. The number of fused-ring (bicyclic) bond motifs is 6. The van der Waals surface area contributed by atoms with Crippen LogP contribution in [0, 0.1) is 0 Å². The van der Waals surface area contributed by atoms with Crippen molar-refractivity contribution < 1.29 is 4.42 Å². The van der Waals surface area contributed by atoms with Crippen molar-refractivity contribution in [3.8, 4) is 44.7 Å². The van der Waals surface area contributed by atoms with Crippen molar-refractivity contribution >= 4 is 65.0 Å². The number of furan rings is 1. The van der Waals surface area contributed by atoms with Crippen LogP contribution in [0.5, 0.6) is 0 Å². The molecule has 224 valence electrons. The van der Waals surface area contributed by atoms with Gasteiger partial charge < -0.3 is 4.42 Å². The minimum absolute atomic E-state index is 0.608. The first-order chi connectivity index (χ1) is 23.7. The van der Waals surface area contributed by atoms with E-state index in [1.54, 1.807) is 11.3 Å². The number of thiazole rings is 1. The highest BCUT2D eigenvalue weighted by atomic mass is 32.1. The average Bonchev–Trinajstić information content (AvgIpc) is 3.73. The number of hydrogen-bond acceptors (Lipinski definition) is 6. The third-order valence-corrected chi connectivity index (χ3v) is 9.98. The number of nitrogens with zero attached hydrogens (tertiary/aromatic N) is 4. The van der Waals surface area contributed by atoms with Crippen LogP contribution in [0.3, 0.4) is 0 Å². The highest BCUT2D eigenvalue weighted by Gasteiger charge is 2.17. The molecule has 0 aliphatic rings. The molecule has 3 aromatic heterocycles. The summed E-state index contributed by atoms with van der Waals surface area (Å²) in [6, 6.07) is 50.1. The van der Waals surface area contributed by atoms with Crippen LogP contribution in [-0.4, -0.2) is 19.9 Å². The molecule has 0 bridgehead atoms. The van der Waals surface area contributed by atoms with Crippen LogP contribution in [0.1, 0.15) is 0 Å². The lowest BCUT2D eigenvalue weighted by Crippen LogP contribution is -2.00. The Morgan fingerprint density at radius 2 is 0.958 bits per heavy atom. The van der Waals surface area contributed by atoms with E-state index in [0.717, 1.165) is 64.8 Å². The first-order valence-electron chi connectivity index (χ1n) is 15.8. The summed E-state index contributed by atoms with van der Waals surface area (Å²) >= 11 is 1.69. The molecule has 0 fully saturated rings. The van der Waals surface area contributed by atoms with Crippen LogP contribution in [0.25, 0.3) is 98.4 Å². The largest absolute Gasteiger partial charge is 0.456 e. The SMILES string of the molecule is c1ccc(-c2nc(-c3ccc4ccccc4c3)nc(-c3ccc4oc5cc6sc(-c7ccc8ccccc8c7)nc6cc5c4c3)n2)cc1. The second-order valence-electron chi connectivity index (χ2n) is 11.9. The molecule has 0 aliphatic heterocycles. The van der Waals surface area contributed by atoms with Gasteiger partial charge in [-0.05, 0) is 57.9 Å². The Morgan fingerprint density at radius 3 is 1.69 bits per heavy atom. The van der Waals surface area contributed by atoms with Crippen LogP contribution in [0.4, 0.5) is 0 Å². The van der Waals surface area contributed by atoms with Gasteiger partial charge in [-0.15, -0.1) is 11.3 Å². The van der Waals surface area contributed by atoms with Gasteiger partial charge in [-0.2, -0.15) is 0 Å². The molecule has 0 amide bonds. The average molecular weight is 633 g/mol. The summed E-state index contributed by atoms with van der Waals surface area (Å²) in [7, 11) is 0. The van der Waals surface area contributed by atoms with E-state index < -0.39 is 0 Å². The molecule has 0 atom stereocenters. The molecular weight excluding hydrogens is 609 g/mol. The molecule has 48 heavy (non-hydrogen) atoms. The Labute approximate surface area is 278 Å². The van der Waals surface area contributed by atoms with Crippen LogP contribution in [-0.2, 0) is 0 Å². The first-order valence-corrected chi connectivity index (χ1v) is 16.6. The van der Waals surface area contributed by atoms with Gasteiger partial charge in [-0.1, -0.05) is 103 Å². The maximum absolute atomic E-state index is 6.38. The fraction of sp³-hybridized carbons (Fsp3) is 0. The summed E-state index contributed by atoms with van der Waals surface area (Å²) in [6.07, 6.45) is 0. The number of aromatic nitrogens is 4. The predicted octanol–water partition coefficient (Wildman–Crippen LogP) is 11.4. The molecule has 5 nitrogen and oxygen atoms in total. The molecule has 0 radical (unpaired) electrons. The van der Waals surface area contributed by atoms with E-state index in [9.17, 15) is 0 Å². The van der Waals surface area contributed by atoms with E-state index in [4.69, 9.17) is 24.4 Å². The second-order valence-corrected chi connectivity index (χ2v) is 13.0. The highest BCUT2D eigenvalue weighted by Crippen LogP contribution is 2.38. The number of rotatable bonds is 4. The maximum atomic E-state index is 6.38. The van der Waals surface area contributed by atoms with E-state index in [1.807, 2.05) is 42.5 Å².